The molecule has 1 aliphatic rings. The molecule has 1 aromatic heterocycles. The number of rotatable bonds is 5. The number of hydrogen-bond acceptors (Lipinski definition) is 4. The number of nitrogens with two attached hydrogens (primary N) is 1. The van der Waals surface area contributed by atoms with Gasteiger partial charge in [0.25, 0.3) is 0 Å². The Morgan fingerprint density at radius 2 is 2.00 bits per heavy atom. The highest BCUT2D eigenvalue weighted by Crippen LogP contribution is 2.25. The van der Waals surface area contributed by atoms with Crippen molar-refractivity contribution in [3.8, 4) is 5.88 Å². The van der Waals surface area contributed by atoms with Crippen molar-refractivity contribution in [1.82, 2.24) is 10.3 Å². The third kappa shape index (κ3) is 6.16. The Labute approximate surface area is 148 Å². The molecule has 0 aliphatic heterocycles. The maximum absolute atomic E-state index is 12.1. The Balaban J connectivity index is 0.00000220. The first-order valence-electron chi connectivity index (χ1n) is 6.92. The molecule has 8 heteroatoms. The molecule has 0 bridgehead atoms. The van der Waals surface area contributed by atoms with Gasteiger partial charge in [-0.1, -0.05) is 30.9 Å². The molecule has 1 aliphatic carbocycles. The molecule has 1 saturated carbocycles. The minimum absolute atomic E-state index is 0. The molecule has 1 heterocycles. The second-order valence-corrected chi connectivity index (χ2v) is 5.57. The van der Waals surface area contributed by atoms with E-state index in [1.807, 2.05) is 0 Å². The molecule has 22 heavy (non-hydrogen) atoms. The number of nitrogens with one attached hydrogen (secondary N) is 1. The van der Waals surface area contributed by atoms with E-state index in [1.165, 1.54) is 6.20 Å². The summed E-state index contributed by atoms with van der Waals surface area (Å²) in [6, 6.07) is 3.40. The standard InChI is InChI=1S/C14H20ClN3O2.2ClH/c15-11-4-5-12(18-10-11)20-9-8-17-13(19)14(16)6-2-1-3-7-14;;/h4-5,10H,1-3,6-9,16H2,(H,17,19);2*1H. The Hall–Kier alpha value is -0.750. The van der Waals surface area contributed by atoms with Crippen LogP contribution >= 0.6 is 36.4 Å². The summed E-state index contributed by atoms with van der Waals surface area (Å²) in [5, 5.41) is 3.39. The zero-order chi connectivity index (χ0) is 14.4. The zero-order valence-corrected chi connectivity index (χ0v) is 14.6. The van der Waals surface area contributed by atoms with Gasteiger partial charge in [-0.05, 0) is 18.9 Å². The van der Waals surface area contributed by atoms with Crippen molar-refractivity contribution in [2.75, 3.05) is 13.2 Å². The van der Waals surface area contributed by atoms with Gasteiger partial charge in [-0.25, -0.2) is 4.98 Å². The van der Waals surface area contributed by atoms with Crippen molar-refractivity contribution >= 4 is 42.3 Å². The van der Waals surface area contributed by atoms with Gasteiger partial charge in [0.05, 0.1) is 17.1 Å². The van der Waals surface area contributed by atoms with Crippen LogP contribution in [0.3, 0.4) is 0 Å². The molecular weight excluding hydrogens is 349 g/mol. The summed E-state index contributed by atoms with van der Waals surface area (Å²) < 4.78 is 5.41. The van der Waals surface area contributed by atoms with Crippen LogP contribution in [0.25, 0.3) is 0 Å². The van der Waals surface area contributed by atoms with E-state index in [0.717, 1.165) is 32.1 Å². The van der Waals surface area contributed by atoms with Crippen LogP contribution in [0.2, 0.25) is 5.02 Å². The highest BCUT2D eigenvalue weighted by atomic mass is 35.5. The fourth-order valence-electron chi connectivity index (χ4n) is 2.35. The number of hydrogen-bond donors (Lipinski definition) is 2. The Morgan fingerprint density at radius 1 is 1.32 bits per heavy atom. The molecule has 0 atom stereocenters. The van der Waals surface area contributed by atoms with Crippen molar-refractivity contribution in [2.24, 2.45) is 5.73 Å². The van der Waals surface area contributed by atoms with Crippen molar-refractivity contribution in [2.45, 2.75) is 37.6 Å². The lowest BCUT2D eigenvalue weighted by atomic mass is 9.82. The number of carbonyl (C=O) groups excluding carboxylic acids is 1. The second kappa shape index (κ2) is 10.1. The average molecular weight is 371 g/mol. The Kier molecular flexibility index (Phi) is 9.76. The lowest BCUT2D eigenvalue weighted by Gasteiger charge is -2.31. The number of aromatic nitrogens is 1. The molecule has 3 N–H and O–H groups in total. The van der Waals surface area contributed by atoms with Gasteiger partial charge in [0.2, 0.25) is 11.8 Å². The van der Waals surface area contributed by atoms with E-state index in [2.05, 4.69) is 10.3 Å². The van der Waals surface area contributed by atoms with Crippen molar-refractivity contribution < 1.29 is 9.53 Å². The molecule has 0 unspecified atom stereocenters. The molecule has 1 amide bonds. The van der Waals surface area contributed by atoms with Crippen molar-refractivity contribution in [1.29, 1.82) is 0 Å². The van der Waals surface area contributed by atoms with E-state index in [-0.39, 0.29) is 30.7 Å². The predicted octanol–water partition coefficient (Wildman–Crippen LogP) is 2.74. The summed E-state index contributed by atoms with van der Waals surface area (Å²) in [6.07, 6.45) is 6.26. The lowest BCUT2D eigenvalue weighted by Crippen LogP contribution is -2.55. The number of carbonyl (C=O) groups is 1. The van der Waals surface area contributed by atoms with Gasteiger partial charge in [0, 0.05) is 12.3 Å². The monoisotopic (exact) mass is 369 g/mol. The van der Waals surface area contributed by atoms with Gasteiger partial charge in [-0.15, -0.1) is 24.8 Å². The smallest absolute Gasteiger partial charge is 0.240 e. The molecule has 0 aromatic carbocycles. The predicted molar refractivity (Wildman–Crippen MR) is 92.3 cm³/mol. The zero-order valence-electron chi connectivity index (χ0n) is 12.2. The van der Waals surface area contributed by atoms with Crippen molar-refractivity contribution in [3.63, 3.8) is 0 Å². The van der Waals surface area contributed by atoms with E-state index in [4.69, 9.17) is 22.1 Å². The maximum Gasteiger partial charge on any atom is 0.240 e. The summed E-state index contributed by atoms with van der Waals surface area (Å²) in [7, 11) is 0. The number of ether oxygens (including phenoxy) is 1. The van der Waals surface area contributed by atoms with Crippen LogP contribution in [0, 0.1) is 0 Å². The maximum atomic E-state index is 12.1. The van der Waals surface area contributed by atoms with Crippen LogP contribution in [0.5, 0.6) is 5.88 Å². The molecule has 0 saturated heterocycles. The van der Waals surface area contributed by atoms with Crippen LogP contribution in [-0.4, -0.2) is 29.6 Å². The van der Waals surface area contributed by atoms with Gasteiger partial charge in [0.1, 0.15) is 6.61 Å². The van der Waals surface area contributed by atoms with Gasteiger partial charge in [-0.3, -0.25) is 4.79 Å². The third-order valence-corrected chi connectivity index (χ3v) is 3.76. The molecule has 0 radical (unpaired) electrons. The molecule has 1 fully saturated rings. The number of amides is 1. The van der Waals surface area contributed by atoms with E-state index in [1.54, 1.807) is 12.1 Å². The minimum Gasteiger partial charge on any atom is -0.476 e. The highest BCUT2D eigenvalue weighted by molar-refractivity contribution is 6.30. The second-order valence-electron chi connectivity index (χ2n) is 5.14. The average Bonchev–Trinajstić information content (AvgIpc) is 2.46. The van der Waals surface area contributed by atoms with E-state index in [9.17, 15) is 4.79 Å². The van der Waals surface area contributed by atoms with Gasteiger partial charge < -0.3 is 15.8 Å². The number of halogens is 3. The first-order valence-corrected chi connectivity index (χ1v) is 7.29. The summed E-state index contributed by atoms with van der Waals surface area (Å²) in [5.41, 5.74) is 5.44. The molecule has 126 valence electrons. The number of nitrogens with zero attached hydrogens (tertiary/aromatic N) is 1. The third-order valence-electron chi connectivity index (χ3n) is 3.54. The first kappa shape index (κ1) is 21.2. The minimum atomic E-state index is -0.698. The summed E-state index contributed by atoms with van der Waals surface area (Å²) in [5.74, 6) is 0.411. The molecular formula is C14H22Cl3N3O2. The Bertz CT molecular complexity index is 451. The normalized spacial score (nSPS) is 15.9. The Morgan fingerprint density at radius 3 is 2.59 bits per heavy atom. The van der Waals surface area contributed by atoms with E-state index >= 15 is 0 Å². The SMILES string of the molecule is Cl.Cl.NC1(C(=O)NCCOc2ccc(Cl)cn2)CCCCC1. The summed E-state index contributed by atoms with van der Waals surface area (Å²) >= 11 is 5.73. The molecule has 2 rings (SSSR count). The van der Waals surface area contributed by atoms with Crippen LogP contribution in [0.4, 0.5) is 0 Å². The van der Waals surface area contributed by atoms with Gasteiger partial charge in [0.15, 0.2) is 0 Å². The molecule has 5 nitrogen and oxygen atoms in total. The van der Waals surface area contributed by atoms with Crippen LogP contribution in [-0.2, 0) is 4.79 Å². The fraction of sp³-hybridized carbons (Fsp3) is 0.571. The van der Waals surface area contributed by atoms with E-state index in [0.29, 0.717) is 24.1 Å². The van der Waals surface area contributed by atoms with Crippen LogP contribution in [0.1, 0.15) is 32.1 Å². The highest BCUT2D eigenvalue weighted by Gasteiger charge is 2.34. The number of pyridine rings is 1. The lowest BCUT2D eigenvalue weighted by molar-refractivity contribution is -0.127. The van der Waals surface area contributed by atoms with Gasteiger partial charge >= 0.3 is 0 Å². The summed E-state index contributed by atoms with van der Waals surface area (Å²) in [6.45, 7) is 0.776. The van der Waals surface area contributed by atoms with Crippen molar-refractivity contribution in [3.05, 3.63) is 23.4 Å². The van der Waals surface area contributed by atoms with Crippen LogP contribution < -0.4 is 15.8 Å². The van der Waals surface area contributed by atoms with E-state index < -0.39 is 5.54 Å². The fourth-order valence-corrected chi connectivity index (χ4v) is 2.47. The summed E-state index contributed by atoms with van der Waals surface area (Å²) in [4.78, 5) is 16.1. The first-order chi connectivity index (χ1) is 9.60. The quantitative estimate of drug-likeness (QED) is 0.781. The topological polar surface area (TPSA) is 77.2 Å². The largest absolute Gasteiger partial charge is 0.476 e. The molecule has 1 aromatic rings. The molecule has 0 spiro atoms. The van der Waals surface area contributed by atoms with Crippen LogP contribution in [0.15, 0.2) is 18.3 Å². The van der Waals surface area contributed by atoms with Gasteiger partial charge in [-0.2, -0.15) is 0 Å².